The maximum Gasteiger partial charge on any atom is 0.175 e. The predicted octanol–water partition coefficient (Wildman–Crippen LogP) is 2.63. The van der Waals surface area contributed by atoms with Crippen LogP contribution in [-0.4, -0.2) is 24.4 Å². The number of thioether (sulfide) groups is 1. The smallest absolute Gasteiger partial charge is 0.175 e. The van der Waals surface area contributed by atoms with Gasteiger partial charge in [-0.05, 0) is 37.4 Å². The monoisotopic (exact) mass is 210 g/mol. The first kappa shape index (κ1) is 11.1. The van der Waals surface area contributed by atoms with Gasteiger partial charge in [-0.3, -0.25) is 4.79 Å². The Balaban J connectivity index is 2.81. The zero-order chi connectivity index (χ0) is 10.6. The number of methoxy groups -OCH3 is 1. The highest BCUT2D eigenvalue weighted by Gasteiger charge is 2.13. The van der Waals surface area contributed by atoms with Gasteiger partial charge in [-0.25, -0.2) is 0 Å². The fourth-order valence-electron chi connectivity index (χ4n) is 1.10. The summed E-state index contributed by atoms with van der Waals surface area (Å²) in [5, 5.41) is 0.0170. The molecule has 76 valence electrons. The van der Waals surface area contributed by atoms with Crippen molar-refractivity contribution in [3.05, 3.63) is 29.8 Å². The summed E-state index contributed by atoms with van der Waals surface area (Å²) in [4.78, 5) is 11.7. The zero-order valence-corrected chi connectivity index (χ0v) is 9.43. The topological polar surface area (TPSA) is 26.3 Å². The molecule has 14 heavy (non-hydrogen) atoms. The van der Waals surface area contributed by atoms with Crippen molar-refractivity contribution in [2.75, 3.05) is 13.4 Å². The first-order valence-corrected chi connectivity index (χ1v) is 5.69. The van der Waals surface area contributed by atoms with Crippen LogP contribution in [0.25, 0.3) is 0 Å². The van der Waals surface area contributed by atoms with Crippen molar-refractivity contribution in [1.29, 1.82) is 0 Å². The molecule has 0 saturated carbocycles. The summed E-state index contributed by atoms with van der Waals surface area (Å²) in [6.07, 6.45) is 1.94. The summed E-state index contributed by atoms with van der Waals surface area (Å²) in [6.45, 7) is 1.91. The molecule has 3 heteroatoms. The van der Waals surface area contributed by atoms with Crippen molar-refractivity contribution >= 4 is 17.5 Å². The van der Waals surface area contributed by atoms with Gasteiger partial charge < -0.3 is 4.74 Å². The third-order valence-corrected chi connectivity index (χ3v) is 3.02. The second-order valence-electron chi connectivity index (χ2n) is 2.97. The molecular weight excluding hydrogens is 196 g/mol. The number of hydrogen-bond acceptors (Lipinski definition) is 3. The lowest BCUT2D eigenvalue weighted by molar-refractivity contribution is 0.0994. The molecule has 0 radical (unpaired) electrons. The molecule has 0 amide bonds. The second-order valence-corrected chi connectivity index (χ2v) is 4.15. The Hall–Kier alpha value is -0.960. The maximum absolute atomic E-state index is 11.7. The minimum atomic E-state index is 0.0170. The molecule has 0 spiro atoms. The number of carbonyl (C=O) groups excluding carboxylic acids is 1. The molecule has 1 rings (SSSR count). The Morgan fingerprint density at radius 1 is 1.36 bits per heavy atom. The molecular formula is C11H14O2S. The Bertz CT molecular complexity index is 306. The van der Waals surface area contributed by atoms with Crippen molar-refractivity contribution in [1.82, 2.24) is 0 Å². The van der Waals surface area contributed by atoms with Gasteiger partial charge in [0.2, 0.25) is 0 Å². The van der Waals surface area contributed by atoms with E-state index < -0.39 is 0 Å². The first-order valence-electron chi connectivity index (χ1n) is 4.40. The number of Topliss-reactive ketones (excluding diaryl/α,β-unsaturated/α-hetero) is 1. The van der Waals surface area contributed by atoms with Crippen LogP contribution in [0.15, 0.2) is 24.3 Å². The van der Waals surface area contributed by atoms with Gasteiger partial charge >= 0.3 is 0 Å². The minimum Gasteiger partial charge on any atom is -0.497 e. The van der Waals surface area contributed by atoms with Crippen LogP contribution >= 0.6 is 11.8 Å². The standard InChI is InChI=1S/C11H14O2S/c1-8(14-3)11(12)9-4-6-10(13-2)7-5-9/h4-8H,1-3H3. The van der Waals surface area contributed by atoms with E-state index in [0.717, 1.165) is 11.3 Å². The Morgan fingerprint density at radius 2 is 1.93 bits per heavy atom. The molecule has 1 unspecified atom stereocenters. The summed E-state index contributed by atoms with van der Waals surface area (Å²) in [5.41, 5.74) is 0.743. The minimum absolute atomic E-state index is 0.0170. The number of carbonyl (C=O) groups is 1. The molecule has 0 aliphatic rings. The molecule has 1 aromatic carbocycles. The Kier molecular flexibility index (Phi) is 4.01. The van der Waals surface area contributed by atoms with E-state index in [1.54, 1.807) is 43.1 Å². The molecule has 0 aliphatic carbocycles. The van der Waals surface area contributed by atoms with Crippen LogP contribution in [-0.2, 0) is 0 Å². The average Bonchev–Trinajstić information content (AvgIpc) is 2.27. The maximum atomic E-state index is 11.7. The molecule has 0 heterocycles. The van der Waals surface area contributed by atoms with Crippen molar-refractivity contribution in [2.45, 2.75) is 12.2 Å². The number of ketones is 1. The van der Waals surface area contributed by atoms with Crippen molar-refractivity contribution in [3.8, 4) is 5.75 Å². The van der Waals surface area contributed by atoms with Gasteiger partial charge in [0.25, 0.3) is 0 Å². The lowest BCUT2D eigenvalue weighted by Gasteiger charge is -2.07. The summed E-state index contributed by atoms with van der Waals surface area (Å²) in [5.74, 6) is 0.943. The van der Waals surface area contributed by atoms with Crippen LogP contribution in [0, 0.1) is 0 Å². The van der Waals surface area contributed by atoms with Crippen LogP contribution < -0.4 is 4.74 Å². The average molecular weight is 210 g/mol. The fourth-order valence-corrected chi connectivity index (χ4v) is 1.45. The molecule has 0 aliphatic heterocycles. The summed E-state index contributed by atoms with van der Waals surface area (Å²) in [7, 11) is 1.61. The fraction of sp³-hybridized carbons (Fsp3) is 0.364. The van der Waals surface area contributed by atoms with Gasteiger partial charge in [0.15, 0.2) is 5.78 Å². The molecule has 0 fully saturated rings. The lowest BCUT2D eigenvalue weighted by atomic mass is 10.1. The SMILES string of the molecule is COc1ccc(C(=O)C(C)SC)cc1. The van der Waals surface area contributed by atoms with E-state index in [1.165, 1.54) is 0 Å². The number of benzene rings is 1. The highest BCUT2D eigenvalue weighted by atomic mass is 32.2. The highest BCUT2D eigenvalue weighted by Crippen LogP contribution is 2.16. The molecule has 0 bridgehead atoms. The van der Waals surface area contributed by atoms with E-state index in [0.29, 0.717) is 0 Å². The molecule has 1 atom stereocenters. The second kappa shape index (κ2) is 5.05. The lowest BCUT2D eigenvalue weighted by Crippen LogP contribution is -2.12. The summed E-state index contributed by atoms with van der Waals surface area (Å²) < 4.78 is 5.02. The van der Waals surface area contributed by atoms with E-state index >= 15 is 0 Å². The number of hydrogen-bond donors (Lipinski definition) is 0. The van der Waals surface area contributed by atoms with Crippen LogP contribution in [0.4, 0.5) is 0 Å². The quantitative estimate of drug-likeness (QED) is 0.715. The Labute approximate surface area is 88.7 Å². The predicted molar refractivity (Wildman–Crippen MR) is 60.3 cm³/mol. The Morgan fingerprint density at radius 3 is 2.36 bits per heavy atom. The zero-order valence-electron chi connectivity index (χ0n) is 8.61. The van der Waals surface area contributed by atoms with E-state index in [-0.39, 0.29) is 11.0 Å². The molecule has 2 nitrogen and oxygen atoms in total. The van der Waals surface area contributed by atoms with E-state index in [1.807, 2.05) is 13.2 Å². The third-order valence-electron chi connectivity index (χ3n) is 2.10. The van der Waals surface area contributed by atoms with Gasteiger partial charge in [-0.2, -0.15) is 11.8 Å². The molecule has 0 aromatic heterocycles. The van der Waals surface area contributed by atoms with Crippen LogP contribution in [0.5, 0.6) is 5.75 Å². The molecule has 1 aromatic rings. The summed E-state index contributed by atoms with van der Waals surface area (Å²) >= 11 is 1.56. The van der Waals surface area contributed by atoms with E-state index in [4.69, 9.17) is 4.74 Å². The van der Waals surface area contributed by atoms with Crippen LogP contribution in [0.1, 0.15) is 17.3 Å². The van der Waals surface area contributed by atoms with Crippen molar-refractivity contribution in [3.63, 3.8) is 0 Å². The van der Waals surface area contributed by atoms with E-state index in [9.17, 15) is 4.79 Å². The van der Waals surface area contributed by atoms with Crippen LogP contribution in [0.3, 0.4) is 0 Å². The molecule has 0 saturated heterocycles. The van der Waals surface area contributed by atoms with Crippen LogP contribution in [0.2, 0.25) is 0 Å². The van der Waals surface area contributed by atoms with Gasteiger partial charge in [-0.1, -0.05) is 0 Å². The largest absolute Gasteiger partial charge is 0.497 e. The van der Waals surface area contributed by atoms with Gasteiger partial charge in [-0.15, -0.1) is 0 Å². The van der Waals surface area contributed by atoms with E-state index in [2.05, 4.69) is 0 Å². The number of ether oxygens (including phenoxy) is 1. The first-order chi connectivity index (χ1) is 6.69. The van der Waals surface area contributed by atoms with Crippen molar-refractivity contribution in [2.24, 2.45) is 0 Å². The van der Waals surface area contributed by atoms with Gasteiger partial charge in [0, 0.05) is 5.56 Å². The number of rotatable bonds is 4. The van der Waals surface area contributed by atoms with Crippen molar-refractivity contribution < 1.29 is 9.53 Å². The highest BCUT2D eigenvalue weighted by molar-refractivity contribution is 7.99. The summed E-state index contributed by atoms with van der Waals surface area (Å²) in [6, 6.07) is 7.21. The molecule has 0 N–H and O–H groups in total. The van der Waals surface area contributed by atoms with Gasteiger partial charge in [0.05, 0.1) is 12.4 Å². The third kappa shape index (κ3) is 2.51. The normalized spacial score (nSPS) is 12.2. The van der Waals surface area contributed by atoms with Gasteiger partial charge in [0.1, 0.15) is 5.75 Å².